The molecule has 0 unspecified atom stereocenters. The van der Waals surface area contributed by atoms with Gasteiger partial charge in [0.25, 0.3) is 5.91 Å². The average Bonchev–Trinajstić information content (AvgIpc) is 3.43. The topological polar surface area (TPSA) is 79.4 Å². The summed E-state index contributed by atoms with van der Waals surface area (Å²) in [5, 5.41) is 8.87. The van der Waals surface area contributed by atoms with Crippen molar-refractivity contribution >= 4 is 39.9 Å². The van der Waals surface area contributed by atoms with E-state index < -0.39 is 0 Å². The monoisotopic (exact) mass is 464 g/mol. The van der Waals surface area contributed by atoms with Crippen LogP contribution < -0.4 is 10.2 Å². The van der Waals surface area contributed by atoms with Gasteiger partial charge in [0.1, 0.15) is 5.69 Å². The van der Waals surface area contributed by atoms with Crippen molar-refractivity contribution in [1.82, 2.24) is 19.7 Å². The number of amides is 1. The molecule has 4 aromatic rings. The zero-order chi connectivity index (χ0) is 23.1. The number of furan rings is 1. The number of fused-ring (bicyclic) bond motifs is 1. The Morgan fingerprint density at radius 2 is 1.91 bits per heavy atom. The number of nitrogens with zero attached hydrogens (tertiary/aromatic N) is 5. The second kappa shape index (κ2) is 8.53. The zero-order valence-electron chi connectivity index (χ0n) is 18.8. The minimum absolute atomic E-state index is 0.246. The third kappa shape index (κ3) is 4.07. The summed E-state index contributed by atoms with van der Waals surface area (Å²) in [5.74, 6) is 0.342. The van der Waals surface area contributed by atoms with Crippen LogP contribution in [0.5, 0.6) is 0 Å². The van der Waals surface area contributed by atoms with Crippen molar-refractivity contribution in [2.24, 2.45) is 7.05 Å². The summed E-state index contributed by atoms with van der Waals surface area (Å²) in [7, 11) is 3.93. The number of pyridine rings is 1. The van der Waals surface area contributed by atoms with Crippen molar-refractivity contribution in [1.29, 1.82) is 0 Å². The zero-order valence-corrected chi connectivity index (χ0v) is 19.6. The third-order valence-electron chi connectivity index (χ3n) is 6.04. The maximum absolute atomic E-state index is 13.6. The van der Waals surface area contributed by atoms with Crippen LogP contribution in [0.1, 0.15) is 16.1 Å². The molecule has 0 radical (unpaired) electrons. The molecule has 170 valence electrons. The van der Waals surface area contributed by atoms with E-state index in [0.717, 1.165) is 37.6 Å². The Hall–Kier alpha value is -3.36. The van der Waals surface area contributed by atoms with Crippen molar-refractivity contribution in [2.45, 2.75) is 6.92 Å². The fraction of sp³-hybridized carbons (Fsp3) is 0.292. The highest BCUT2D eigenvalue weighted by Gasteiger charge is 2.23. The number of benzene rings is 1. The van der Waals surface area contributed by atoms with Gasteiger partial charge in [-0.25, -0.2) is 4.98 Å². The van der Waals surface area contributed by atoms with Gasteiger partial charge in [0.2, 0.25) is 0 Å². The first-order chi connectivity index (χ1) is 15.9. The van der Waals surface area contributed by atoms with Crippen LogP contribution in [0.2, 0.25) is 5.02 Å². The van der Waals surface area contributed by atoms with Crippen LogP contribution in [0.3, 0.4) is 0 Å². The lowest BCUT2D eigenvalue weighted by Crippen LogP contribution is -2.44. The van der Waals surface area contributed by atoms with E-state index in [-0.39, 0.29) is 5.91 Å². The van der Waals surface area contributed by atoms with Gasteiger partial charge in [-0.05, 0) is 50.4 Å². The minimum Gasteiger partial charge on any atom is -0.463 e. The van der Waals surface area contributed by atoms with Crippen LogP contribution in [0, 0.1) is 6.92 Å². The molecule has 33 heavy (non-hydrogen) atoms. The van der Waals surface area contributed by atoms with Crippen molar-refractivity contribution in [2.75, 3.05) is 43.4 Å². The quantitative estimate of drug-likeness (QED) is 0.487. The van der Waals surface area contributed by atoms with E-state index in [4.69, 9.17) is 21.0 Å². The summed E-state index contributed by atoms with van der Waals surface area (Å²) in [6.45, 7) is 5.56. The van der Waals surface area contributed by atoms with Crippen LogP contribution in [0.15, 0.2) is 47.1 Å². The second-order valence-electron chi connectivity index (χ2n) is 8.35. The Balaban J connectivity index is 1.56. The lowest BCUT2D eigenvalue weighted by molar-refractivity contribution is 0.102. The van der Waals surface area contributed by atoms with Gasteiger partial charge in [-0.3, -0.25) is 9.48 Å². The number of carbonyl (C=O) groups is 1. The molecule has 4 heterocycles. The van der Waals surface area contributed by atoms with Crippen molar-refractivity contribution in [3.63, 3.8) is 0 Å². The lowest BCUT2D eigenvalue weighted by Gasteiger charge is -2.35. The predicted octanol–water partition coefficient (Wildman–Crippen LogP) is 4.19. The molecule has 1 saturated heterocycles. The summed E-state index contributed by atoms with van der Waals surface area (Å²) in [4.78, 5) is 22.9. The van der Waals surface area contributed by atoms with E-state index in [0.29, 0.717) is 38.8 Å². The summed E-state index contributed by atoms with van der Waals surface area (Å²) < 4.78 is 7.22. The number of anilines is 2. The molecule has 9 heteroatoms. The molecule has 0 saturated carbocycles. The van der Waals surface area contributed by atoms with Crippen molar-refractivity contribution in [3.05, 3.63) is 58.9 Å². The standard InChI is InChI=1S/C24H25ClN6O2/c1-15-22-17(14-19(21-5-4-12-33-21)26-23(22)30(3)28-15)24(32)27-18-13-16(25)6-7-20(18)31-10-8-29(2)9-11-31/h4-7,12-14H,8-11H2,1-3H3,(H,27,32). The molecule has 0 aliphatic carbocycles. The highest BCUT2D eigenvalue weighted by molar-refractivity contribution is 6.31. The molecule has 1 amide bonds. The maximum atomic E-state index is 13.6. The van der Waals surface area contributed by atoms with Gasteiger partial charge >= 0.3 is 0 Å². The maximum Gasteiger partial charge on any atom is 0.256 e. The van der Waals surface area contributed by atoms with Gasteiger partial charge in [-0.1, -0.05) is 11.6 Å². The number of hydrogen-bond donors (Lipinski definition) is 1. The van der Waals surface area contributed by atoms with Crippen LogP contribution in [-0.2, 0) is 7.05 Å². The Morgan fingerprint density at radius 1 is 1.12 bits per heavy atom. The molecule has 1 aliphatic heterocycles. The normalized spacial score (nSPS) is 14.7. The largest absolute Gasteiger partial charge is 0.463 e. The van der Waals surface area contributed by atoms with Crippen LogP contribution in [0.25, 0.3) is 22.5 Å². The first-order valence-corrected chi connectivity index (χ1v) is 11.2. The molecular formula is C24H25ClN6O2. The Labute approximate surface area is 196 Å². The fourth-order valence-corrected chi connectivity index (χ4v) is 4.47. The van der Waals surface area contributed by atoms with Gasteiger partial charge in [0, 0.05) is 38.2 Å². The number of aromatic nitrogens is 3. The van der Waals surface area contributed by atoms with Crippen molar-refractivity contribution < 1.29 is 9.21 Å². The smallest absolute Gasteiger partial charge is 0.256 e. The highest BCUT2D eigenvalue weighted by Crippen LogP contribution is 2.32. The minimum atomic E-state index is -0.246. The van der Waals surface area contributed by atoms with E-state index in [1.165, 1.54) is 0 Å². The molecule has 0 atom stereocenters. The fourth-order valence-electron chi connectivity index (χ4n) is 4.30. The van der Waals surface area contributed by atoms with Crippen molar-refractivity contribution in [3.8, 4) is 11.5 Å². The highest BCUT2D eigenvalue weighted by atomic mass is 35.5. The number of rotatable bonds is 4. The van der Waals surface area contributed by atoms with E-state index >= 15 is 0 Å². The summed E-state index contributed by atoms with van der Waals surface area (Å²) >= 11 is 6.31. The van der Waals surface area contributed by atoms with Gasteiger partial charge in [-0.2, -0.15) is 5.10 Å². The van der Waals surface area contributed by atoms with Gasteiger partial charge in [0.15, 0.2) is 11.4 Å². The molecule has 8 nitrogen and oxygen atoms in total. The summed E-state index contributed by atoms with van der Waals surface area (Å²) in [6, 6.07) is 11.0. The SMILES string of the molecule is Cc1nn(C)c2nc(-c3ccco3)cc(C(=O)Nc3cc(Cl)ccc3N3CCN(C)CC3)c12. The molecule has 1 N–H and O–H groups in total. The molecule has 1 fully saturated rings. The molecule has 1 aliphatic rings. The first-order valence-electron chi connectivity index (χ1n) is 10.8. The molecule has 1 aromatic carbocycles. The van der Waals surface area contributed by atoms with E-state index in [9.17, 15) is 4.79 Å². The molecule has 3 aromatic heterocycles. The number of nitrogens with one attached hydrogen (secondary N) is 1. The number of halogens is 1. The number of piperazine rings is 1. The average molecular weight is 465 g/mol. The van der Waals surface area contributed by atoms with E-state index in [2.05, 4.69) is 27.3 Å². The molecular weight excluding hydrogens is 440 g/mol. The molecule has 0 bridgehead atoms. The Kier molecular flexibility index (Phi) is 5.55. The van der Waals surface area contributed by atoms with Crippen LogP contribution >= 0.6 is 11.6 Å². The van der Waals surface area contributed by atoms with Crippen LogP contribution in [0.4, 0.5) is 11.4 Å². The van der Waals surface area contributed by atoms with E-state index in [1.54, 1.807) is 29.1 Å². The first kappa shape index (κ1) is 21.5. The molecule has 5 rings (SSSR count). The number of hydrogen-bond acceptors (Lipinski definition) is 6. The molecule has 0 spiro atoms. The van der Waals surface area contributed by atoms with Gasteiger partial charge < -0.3 is 19.5 Å². The predicted molar refractivity (Wildman–Crippen MR) is 130 cm³/mol. The number of likely N-dealkylation sites (N-methyl/N-ethyl adjacent to an activating group) is 1. The van der Waals surface area contributed by atoms with Gasteiger partial charge in [0.05, 0.1) is 34.3 Å². The van der Waals surface area contributed by atoms with Gasteiger partial charge in [-0.15, -0.1) is 0 Å². The summed E-state index contributed by atoms with van der Waals surface area (Å²) in [5.41, 5.74) is 4.06. The number of carbonyl (C=O) groups excluding carboxylic acids is 1. The lowest BCUT2D eigenvalue weighted by atomic mass is 10.1. The second-order valence-corrected chi connectivity index (χ2v) is 8.78. The number of aryl methyl sites for hydroxylation is 2. The Bertz CT molecular complexity index is 1320. The summed E-state index contributed by atoms with van der Waals surface area (Å²) in [6.07, 6.45) is 1.59. The van der Waals surface area contributed by atoms with E-state index in [1.807, 2.05) is 32.2 Å². The third-order valence-corrected chi connectivity index (χ3v) is 6.27. The van der Waals surface area contributed by atoms with Crippen LogP contribution in [-0.4, -0.2) is 58.8 Å². The Morgan fingerprint density at radius 3 is 2.64 bits per heavy atom.